The largest absolute Gasteiger partial charge is 0.485 e. The van der Waals surface area contributed by atoms with Gasteiger partial charge in [-0.3, -0.25) is 9.20 Å². The second-order valence-electron chi connectivity index (χ2n) is 9.92. The molecule has 0 saturated carbocycles. The van der Waals surface area contributed by atoms with Gasteiger partial charge in [-0.05, 0) is 57.5 Å². The third-order valence-corrected chi connectivity index (χ3v) is 5.79. The van der Waals surface area contributed by atoms with Crippen molar-refractivity contribution in [1.82, 2.24) is 20.0 Å². The molecule has 0 aliphatic heterocycles. The van der Waals surface area contributed by atoms with E-state index >= 15 is 0 Å². The molecular formula is C29H30F2N4O4. The first-order valence-electron chi connectivity index (χ1n) is 12.4. The molecule has 204 valence electrons. The van der Waals surface area contributed by atoms with Crippen molar-refractivity contribution >= 4 is 17.6 Å². The fourth-order valence-corrected chi connectivity index (χ4v) is 4.03. The number of pyridine rings is 1. The fraction of sp³-hybridized carbons (Fsp3) is 0.276. The molecule has 0 bridgehead atoms. The molecule has 4 aromatic rings. The Morgan fingerprint density at radius 1 is 1.00 bits per heavy atom. The highest BCUT2D eigenvalue weighted by Crippen LogP contribution is 2.25. The van der Waals surface area contributed by atoms with Crippen molar-refractivity contribution in [2.24, 2.45) is 0 Å². The average molecular weight is 537 g/mol. The van der Waals surface area contributed by atoms with Crippen LogP contribution in [0.3, 0.4) is 0 Å². The molecule has 0 aliphatic rings. The molecule has 2 heterocycles. The Balaban J connectivity index is 1.57. The summed E-state index contributed by atoms with van der Waals surface area (Å²) in [5.74, 6) is -1.60. The molecule has 4 rings (SSSR count). The van der Waals surface area contributed by atoms with Gasteiger partial charge in [0.25, 0.3) is 5.91 Å². The fourth-order valence-electron chi connectivity index (χ4n) is 4.03. The van der Waals surface area contributed by atoms with Gasteiger partial charge in [0.2, 0.25) is 0 Å². The van der Waals surface area contributed by atoms with Crippen molar-refractivity contribution in [3.63, 3.8) is 0 Å². The molecule has 10 heteroatoms. The topological polar surface area (TPSA) is 94.0 Å². The van der Waals surface area contributed by atoms with Crippen molar-refractivity contribution in [1.29, 1.82) is 0 Å². The summed E-state index contributed by atoms with van der Waals surface area (Å²) in [4.78, 5) is 30.3. The smallest absolute Gasteiger partial charge is 0.407 e. The quantitative estimate of drug-likeness (QED) is 0.310. The van der Waals surface area contributed by atoms with E-state index in [0.29, 0.717) is 11.3 Å². The number of aryl methyl sites for hydroxylation is 1. The van der Waals surface area contributed by atoms with Gasteiger partial charge >= 0.3 is 6.09 Å². The number of hydrogen-bond acceptors (Lipinski definition) is 5. The molecular weight excluding hydrogens is 506 g/mol. The van der Waals surface area contributed by atoms with E-state index in [1.807, 2.05) is 30.3 Å². The molecule has 2 aromatic heterocycles. The van der Waals surface area contributed by atoms with Crippen molar-refractivity contribution in [2.45, 2.75) is 45.9 Å². The summed E-state index contributed by atoms with van der Waals surface area (Å²) >= 11 is 0. The standard InChI is InChI=1S/C29H30F2N4O4/c1-18-25(27(36)34-23(19-10-6-5-7-11-19)16-32-28(37)39-29(2,3)4)35-15-9-14-24(26(35)33-18)38-17-20-21(30)12-8-13-22(20)31/h5-15,23H,16-17H2,1-4H3,(H,32,37)(H,34,36). The highest BCUT2D eigenvalue weighted by atomic mass is 19.1. The zero-order valence-corrected chi connectivity index (χ0v) is 22.1. The van der Waals surface area contributed by atoms with Crippen LogP contribution < -0.4 is 15.4 Å². The monoisotopic (exact) mass is 536 g/mol. The second kappa shape index (κ2) is 11.5. The predicted octanol–water partition coefficient (Wildman–Crippen LogP) is 5.50. The summed E-state index contributed by atoms with van der Waals surface area (Å²) in [6.07, 6.45) is 1.05. The first-order chi connectivity index (χ1) is 18.5. The van der Waals surface area contributed by atoms with E-state index in [1.54, 1.807) is 50.4 Å². The Labute approximate surface area is 225 Å². The Bertz CT molecular complexity index is 1460. The lowest BCUT2D eigenvalue weighted by Gasteiger charge is -2.23. The predicted molar refractivity (Wildman–Crippen MR) is 142 cm³/mol. The van der Waals surface area contributed by atoms with Crippen molar-refractivity contribution in [3.8, 4) is 5.75 Å². The number of amides is 2. The third kappa shape index (κ3) is 6.70. The van der Waals surface area contributed by atoms with E-state index in [1.165, 1.54) is 6.07 Å². The zero-order valence-electron chi connectivity index (χ0n) is 22.1. The molecule has 39 heavy (non-hydrogen) atoms. The van der Waals surface area contributed by atoms with E-state index in [-0.39, 0.29) is 30.2 Å². The van der Waals surface area contributed by atoms with Crippen LogP contribution in [0.4, 0.5) is 13.6 Å². The van der Waals surface area contributed by atoms with E-state index in [0.717, 1.165) is 17.7 Å². The first kappa shape index (κ1) is 27.6. The summed E-state index contributed by atoms with van der Waals surface area (Å²) < 4.78 is 40.7. The van der Waals surface area contributed by atoms with Gasteiger partial charge < -0.3 is 20.1 Å². The van der Waals surface area contributed by atoms with Gasteiger partial charge in [0, 0.05) is 12.7 Å². The Morgan fingerprint density at radius 2 is 1.69 bits per heavy atom. The molecule has 2 amide bonds. The number of benzene rings is 2. The van der Waals surface area contributed by atoms with Gasteiger partial charge in [-0.1, -0.05) is 36.4 Å². The maximum Gasteiger partial charge on any atom is 0.407 e. The lowest BCUT2D eigenvalue weighted by atomic mass is 10.1. The van der Waals surface area contributed by atoms with Crippen LogP contribution in [0.25, 0.3) is 5.65 Å². The molecule has 8 nitrogen and oxygen atoms in total. The molecule has 2 aromatic carbocycles. The highest BCUT2D eigenvalue weighted by molar-refractivity contribution is 5.95. The van der Waals surface area contributed by atoms with Crippen molar-refractivity contribution in [2.75, 3.05) is 6.54 Å². The van der Waals surface area contributed by atoms with Crippen LogP contribution in [-0.4, -0.2) is 33.5 Å². The molecule has 0 fully saturated rings. The number of alkyl carbamates (subject to hydrolysis) is 1. The zero-order chi connectivity index (χ0) is 28.2. The van der Waals surface area contributed by atoms with E-state index in [4.69, 9.17) is 9.47 Å². The lowest BCUT2D eigenvalue weighted by molar-refractivity contribution is 0.0519. The molecule has 1 atom stereocenters. The van der Waals surface area contributed by atoms with Crippen molar-refractivity contribution < 1.29 is 27.8 Å². The molecule has 1 unspecified atom stereocenters. The maximum absolute atomic E-state index is 14.1. The Kier molecular flexibility index (Phi) is 8.13. The molecule has 0 radical (unpaired) electrons. The minimum Gasteiger partial charge on any atom is -0.485 e. The number of rotatable bonds is 8. The SMILES string of the molecule is Cc1nc2c(OCc3c(F)cccc3F)cccn2c1C(=O)NC(CNC(=O)OC(C)(C)C)c1ccccc1. The van der Waals surface area contributed by atoms with E-state index < -0.39 is 35.3 Å². The summed E-state index contributed by atoms with van der Waals surface area (Å²) in [7, 11) is 0. The number of carbonyl (C=O) groups is 2. The number of halogens is 2. The minimum absolute atomic E-state index is 0.0863. The van der Waals surface area contributed by atoms with Crippen LogP contribution in [0.2, 0.25) is 0 Å². The average Bonchev–Trinajstić information content (AvgIpc) is 3.22. The van der Waals surface area contributed by atoms with E-state index in [9.17, 15) is 18.4 Å². The molecule has 0 spiro atoms. The van der Waals surface area contributed by atoms with Gasteiger partial charge in [0.1, 0.15) is 29.5 Å². The third-order valence-electron chi connectivity index (χ3n) is 5.79. The van der Waals surface area contributed by atoms with Crippen LogP contribution >= 0.6 is 0 Å². The van der Waals surface area contributed by atoms with Gasteiger partial charge in [0.05, 0.1) is 17.3 Å². The van der Waals surface area contributed by atoms with Crippen LogP contribution in [0, 0.1) is 18.6 Å². The number of nitrogens with zero attached hydrogens (tertiary/aromatic N) is 2. The molecule has 0 saturated heterocycles. The molecule has 2 N–H and O–H groups in total. The van der Waals surface area contributed by atoms with Crippen LogP contribution in [-0.2, 0) is 11.3 Å². The lowest BCUT2D eigenvalue weighted by Crippen LogP contribution is -2.40. The van der Waals surface area contributed by atoms with Gasteiger partial charge in [0.15, 0.2) is 11.4 Å². The van der Waals surface area contributed by atoms with Gasteiger partial charge in [-0.15, -0.1) is 0 Å². The second-order valence-corrected chi connectivity index (χ2v) is 9.92. The summed E-state index contributed by atoms with van der Waals surface area (Å²) in [6.45, 7) is 6.71. The van der Waals surface area contributed by atoms with Crippen molar-refractivity contribution in [3.05, 3.63) is 101 Å². The van der Waals surface area contributed by atoms with Crippen LogP contribution in [0.1, 0.15) is 54.1 Å². The normalized spacial score (nSPS) is 12.2. The van der Waals surface area contributed by atoms with Crippen LogP contribution in [0.15, 0.2) is 66.9 Å². The molecule has 0 aliphatic carbocycles. The number of carbonyl (C=O) groups excluding carboxylic acids is 2. The summed E-state index contributed by atoms with van der Waals surface area (Å²) in [5, 5.41) is 5.68. The number of ether oxygens (including phenoxy) is 2. The van der Waals surface area contributed by atoms with E-state index in [2.05, 4.69) is 15.6 Å². The summed E-state index contributed by atoms with van der Waals surface area (Å²) in [5.41, 5.74) is 0.910. The number of nitrogens with one attached hydrogen (secondary N) is 2. The Hall–Kier alpha value is -4.47. The Morgan fingerprint density at radius 3 is 2.36 bits per heavy atom. The maximum atomic E-state index is 14.1. The summed E-state index contributed by atoms with van der Waals surface area (Å²) in [6, 6.07) is 15.5. The number of imidazole rings is 1. The van der Waals surface area contributed by atoms with Gasteiger partial charge in [-0.2, -0.15) is 0 Å². The first-order valence-corrected chi connectivity index (χ1v) is 12.4. The number of aromatic nitrogens is 2. The minimum atomic E-state index is -0.714. The number of fused-ring (bicyclic) bond motifs is 1. The highest BCUT2D eigenvalue weighted by Gasteiger charge is 2.24. The van der Waals surface area contributed by atoms with Crippen LogP contribution in [0.5, 0.6) is 5.75 Å². The number of hydrogen-bond donors (Lipinski definition) is 2. The van der Waals surface area contributed by atoms with Gasteiger partial charge in [-0.25, -0.2) is 18.6 Å².